The molecule has 0 fully saturated rings. The number of benzene rings is 3. The summed E-state index contributed by atoms with van der Waals surface area (Å²) in [5, 5.41) is 12.8. The van der Waals surface area contributed by atoms with Gasteiger partial charge in [0.2, 0.25) is 0 Å². The Balaban J connectivity index is 1.77. The van der Waals surface area contributed by atoms with Crippen LogP contribution in [0.2, 0.25) is 5.02 Å². The number of anilines is 1. The van der Waals surface area contributed by atoms with Gasteiger partial charge in [0.25, 0.3) is 5.91 Å². The maximum absolute atomic E-state index is 12.7. The highest BCUT2D eigenvalue weighted by Crippen LogP contribution is 2.35. The number of hydrogen-bond donors (Lipinski definition) is 1. The molecule has 3 aromatic carbocycles. The Bertz CT molecular complexity index is 1300. The molecule has 1 N–H and O–H groups in total. The molecule has 0 saturated carbocycles. The summed E-state index contributed by atoms with van der Waals surface area (Å²) in [5.41, 5.74) is 2.12. The van der Waals surface area contributed by atoms with E-state index in [9.17, 15) is 14.9 Å². The Kier molecular flexibility index (Phi) is 8.90. The number of nitriles is 1. The number of halogens is 2. The van der Waals surface area contributed by atoms with Crippen molar-refractivity contribution in [3.05, 3.63) is 92.4 Å². The minimum absolute atomic E-state index is 0.125. The second-order valence-corrected chi connectivity index (χ2v) is 8.42. The summed E-state index contributed by atoms with van der Waals surface area (Å²) in [6.45, 7) is 0.301. The van der Waals surface area contributed by atoms with Crippen LogP contribution in [0.1, 0.15) is 21.5 Å². The molecule has 0 aliphatic heterocycles. The van der Waals surface area contributed by atoms with E-state index < -0.39 is 11.9 Å². The van der Waals surface area contributed by atoms with E-state index in [0.29, 0.717) is 44.4 Å². The van der Waals surface area contributed by atoms with E-state index >= 15 is 0 Å². The van der Waals surface area contributed by atoms with Gasteiger partial charge in [-0.3, -0.25) is 4.79 Å². The van der Waals surface area contributed by atoms with Crippen molar-refractivity contribution in [1.82, 2.24) is 0 Å². The number of carbonyl (C=O) groups is 2. The molecule has 0 saturated heterocycles. The zero-order valence-corrected chi connectivity index (χ0v) is 21.1. The zero-order chi connectivity index (χ0) is 25.4. The van der Waals surface area contributed by atoms with Gasteiger partial charge in [-0.05, 0) is 65.7 Å². The molecule has 0 bridgehead atoms. The molecule has 0 radical (unpaired) electrons. The molecule has 178 valence electrons. The topological polar surface area (TPSA) is 97.7 Å². The van der Waals surface area contributed by atoms with Gasteiger partial charge < -0.3 is 19.5 Å². The van der Waals surface area contributed by atoms with Crippen molar-refractivity contribution in [3.8, 4) is 17.6 Å². The molecule has 0 spiro atoms. The van der Waals surface area contributed by atoms with Crippen molar-refractivity contribution in [2.45, 2.75) is 6.61 Å². The lowest BCUT2D eigenvalue weighted by Crippen LogP contribution is -2.13. The Morgan fingerprint density at radius 3 is 2.34 bits per heavy atom. The Morgan fingerprint density at radius 2 is 1.74 bits per heavy atom. The van der Waals surface area contributed by atoms with Gasteiger partial charge in [0.15, 0.2) is 11.5 Å². The molecule has 1 amide bonds. The van der Waals surface area contributed by atoms with Gasteiger partial charge in [-0.15, -0.1) is 0 Å². The van der Waals surface area contributed by atoms with Crippen molar-refractivity contribution in [3.63, 3.8) is 0 Å². The minimum atomic E-state index is -0.604. The van der Waals surface area contributed by atoms with E-state index in [1.165, 1.54) is 32.4 Å². The molecular formula is C26H20BrClN2O5. The van der Waals surface area contributed by atoms with Crippen molar-refractivity contribution in [2.75, 3.05) is 19.5 Å². The predicted molar refractivity (Wildman–Crippen MR) is 136 cm³/mol. The molecule has 0 aliphatic rings. The number of hydrogen-bond acceptors (Lipinski definition) is 6. The first kappa shape index (κ1) is 25.8. The van der Waals surface area contributed by atoms with Gasteiger partial charge in [0.05, 0.1) is 19.8 Å². The van der Waals surface area contributed by atoms with Crippen LogP contribution >= 0.6 is 27.5 Å². The number of ether oxygens (including phenoxy) is 3. The van der Waals surface area contributed by atoms with Crippen molar-refractivity contribution in [2.24, 2.45) is 0 Å². The Hall–Kier alpha value is -3.80. The van der Waals surface area contributed by atoms with Crippen LogP contribution in [-0.2, 0) is 16.1 Å². The fourth-order valence-electron chi connectivity index (χ4n) is 2.99. The lowest BCUT2D eigenvalue weighted by molar-refractivity contribution is -0.112. The zero-order valence-electron chi connectivity index (χ0n) is 18.8. The normalized spacial score (nSPS) is 10.8. The van der Waals surface area contributed by atoms with Crippen LogP contribution in [0.4, 0.5) is 5.69 Å². The number of nitrogens with zero attached hydrogens (tertiary/aromatic N) is 1. The number of methoxy groups -OCH3 is 2. The van der Waals surface area contributed by atoms with E-state index in [-0.39, 0.29) is 5.57 Å². The highest BCUT2D eigenvalue weighted by atomic mass is 79.9. The largest absolute Gasteiger partial charge is 0.493 e. The average Bonchev–Trinajstić information content (AvgIpc) is 2.87. The van der Waals surface area contributed by atoms with Crippen LogP contribution in [0.3, 0.4) is 0 Å². The molecule has 0 aromatic heterocycles. The summed E-state index contributed by atoms with van der Waals surface area (Å²) in [6.07, 6.45) is 1.44. The lowest BCUT2D eigenvalue weighted by atomic mass is 10.1. The lowest BCUT2D eigenvalue weighted by Gasteiger charge is -2.13. The monoisotopic (exact) mass is 554 g/mol. The molecule has 7 nitrogen and oxygen atoms in total. The minimum Gasteiger partial charge on any atom is -0.493 e. The summed E-state index contributed by atoms with van der Waals surface area (Å²) in [7, 11) is 2.79. The highest BCUT2D eigenvalue weighted by molar-refractivity contribution is 9.10. The predicted octanol–water partition coefficient (Wildman–Crippen LogP) is 6.02. The van der Waals surface area contributed by atoms with Crippen molar-refractivity contribution < 1.29 is 23.8 Å². The van der Waals surface area contributed by atoms with Crippen molar-refractivity contribution in [1.29, 1.82) is 5.26 Å². The fraction of sp³-hybridized carbons (Fsp3) is 0.115. The molecule has 0 heterocycles. The van der Waals surface area contributed by atoms with E-state index in [2.05, 4.69) is 26.0 Å². The standard InChI is InChI=1S/C26H20BrClN2O5/c1-33-23-12-18(22(27)13-24(23)35-15-16-3-7-20(28)8-4-16)11-19(14-29)25(31)30-21-9-5-17(6-10-21)26(32)34-2/h3-13H,15H2,1-2H3,(H,30,31)/b19-11+. The second-order valence-electron chi connectivity index (χ2n) is 7.13. The second kappa shape index (κ2) is 12.1. The van der Waals surface area contributed by atoms with E-state index in [0.717, 1.165) is 5.56 Å². The third-order valence-electron chi connectivity index (χ3n) is 4.82. The van der Waals surface area contributed by atoms with E-state index in [1.54, 1.807) is 36.4 Å². The number of rotatable bonds is 8. The van der Waals surface area contributed by atoms with Crippen LogP contribution in [0.25, 0.3) is 6.08 Å². The van der Waals surface area contributed by atoms with Crippen LogP contribution in [0, 0.1) is 11.3 Å². The van der Waals surface area contributed by atoms with E-state index in [4.69, 9.17) is 21.1 Å². The summed E-state index contributed by atoms with van der Waals surface area (Å²) < 4.78 is 16.6. The SMILES string of the molecule is COC(=O)c1ccc(NC(=O)/C(C#N)=C/c2cc(OC)c(OCc3ccc(Cl)cc3)cc2Br)cc1. The molecular weight excluding hydrogens is 536 g/mol. The summed E-state index contributed by atoms with van der Waals surface area (Å²) in [4.78, 5) is 24.2. The maximum Gasteiger partial charge on any atom is 0.337 e. The summed E-state index contributed by atoms with van der Waals surface area (Å²) in [6, 6.07) is 18.7. The molecule has 0 unspecified atom stereocenters. The molecule has 3 aromatic rings. The van der Waals surface area contributed by atoms with Gasteiger partial charge in [0, 0.05) is 15.2 Å². The van der Waals surface area contributed by atoms with Gasteiger partial charge in [-0.2, -0.15) is 5.26 Å². The molecule has 9 heteroatoms. The van der Waals surface area contributed by atoms with Gasteiger partial charge in [-0.25, -0.2) is 4.79 Å². The highest BCUT2D eigenvalue weighted by Gasteiger charge is 2.14. The first-order chi connectivity index (χ1) is 16.8. The quantitative estimate of drug-likeness (QED) is 0.207. The third-order valence-corrected chi connectivity index (χ3v) is 5.76. The maximum atomic E-state index is 12.7. The van der Waals surface area contributed by atoms with Crippen LogP contribution in [0.5, 0.6) is 11.5 Å². The molecule has 3 rings (SSSR count). The average molecular weight is 556 g/mol. The first-order valence-corrected chi connectivity index (χ1v) is 11.4. The number of nitrogens with one attached hydrogen (secondary N) is 1. The molecule has 0 atom stereocenters. The third kappa shape index (κ3) is 6.85. The summed E-state index contributed by atoms with van der Waals surface area (Å²) in [5.74, 6) is -0.170. The van der Waals surface area contributed by atoms with Gasteiger partial charge in [0.1, 0.15) is 18.2 Å². The number of amides is 1. The van der Waals surface area contributed by atoms with Crippen molar-refractivity contribution >= 4 is 51.2 Å². The Morgan fingerprint density at radius 1 is 1.06 bits per heavy atom. The van der Waals surface area contributed by atoms with Crippen LogP contribution in [-0.4, -0.2) is 26.1 Å². The van der Waals surface area contributed by atoms with E-state index in [1.807, 2.05) is 18.2 Å². The van der Waals surface area contributed by atoms with Crippen LogP contribution in [0.15, 0.2) is 70.7 Å². The smallest absolute Gasteiger partial charge is 0.337 e. The van der Waals surface area contributed by atoms with Crippen LogP contribution < -0.4 is 14.8 Å². The molecule has 0 aliphatic carbocycles. The summed E-state index contributed by atoms with van der Waals surface area (Å²) >= 11 is 9.38. The fourth-order valence-corrected chi connectivity index (χ4v) is 3.55. The Labute approximate surface area is 216 Å². The van der Waals surface area contributed by atoms with Gasteiger partial charge >= 0.3 is 5.97 Å². The number of carbonyl (C=O) groups excluding carboxylic acids is 2. The molecule has 35 heavy (non-hydrogen) atoms. The number of esters is 1. The van der Waals surface area contributed by atoms with Gasteiger partial charge in [-0.1, -0.05) is 39.7 Å². The first-order valence-electron chi connectivity index (χ1n) is 10.2.